The number of esters is 1. The van der Waals surface area contributed by atoms with Crippen molar-refractivity contribution < 1.29 is 14.3 Å². The van der Waals surface area contributed by atoms with Gasteiger partial charge < -0.3 is 9.47 Å². The summed E-state index contributed by atoms with van der Waals surface area (Å²) >= 11 is 0. The van der Waals surface area contributed by atoms with Crippen LogP contribution in [0.3, 0.4) is 0 Å². The Labute approximate surface area is 84.5 Å². The first-order valence-corrected chi connectivity index (χ1v) is 4.80. The van der Waals surface area contributed by atoms with Crippen molar-refractivity contribution in [3.8, 4) is 0 Å². The molecule has 0 saturated carbocycles. The van der Waals surface area contributed by atoms with Crippen molar-refractivity contribution >= 4 is 5.97 Å². The van der Waals surface area contributed by atoms with Gasteiger partial charge in [0.1, 0.15) is 6.04 Å². The molecule has 1 fully saturated rings. The molecule has 14 heavy (non-hydrogen) atoms. The van der Waals surface area contributed by atoms with Gasteiger partial charge in [0.05, 0.1) is 20.3 Å². The van der Waals surface area contributed by atoms with Crippen LogP contribution in [-0.4, -0.2) is 50.3 Å². The van der Waals surface area contributed by atoms with Crippen LogP contribution in [0.2, 0.25) is 0 Å². The van der Waals surface area contributed by atoms with Crippen LogP contribution in [0.5, 0.6) is 0 Å². The molecule has 0 aromatic carbocycles. The molecule has 0 N–H and O–H groups in total. The first-order valence-electron chi connectivity index (χ1n) is 4.80. The highest BCUT2D eigenvalue weighted by molar-refractivity contribution is 5.75. The number of methoxy groups -OCH3 is 1. The van der Waals surface area contributed by atoms with Gasteiger partial charge in [-0.2, -0.15) is 0 Å². The second-order valence-electron chi connectivity index (χ2n) is 3.18. The first kappa shape index (κ1) is 11.2. The van der Waals surface area contributed by atoms with E-state index in [0.717, 1.165) is 13.1 Å². The number of hydrogen-bond donors (Lipinski definition) is 0. The maximum Gasteiger partial charge on any atom is 0.325 e. The van der Waals surface area contributed by atoms with Crippen LogP contribution in [0.25, 0.3) is 0 Å². The average molecular weight is 199 g/mol. The predicted molar refractivity (Wildman–Crippen MR) is 53.0 cm³/mol. The Kier molecular flexibility index (Phi) is 4.62. The smallest absolute Gasteiger partial charge is 0.325 e. The van der Waals surface area contributed by atoms with Crippen LogP contribution in [0, 0.1) is 0 Å². The lowest BCUT2D eigenvalue weighted by Crippen LogP contribution is -2.50. The molecule has 0 radical (unpaired) electrons. The molecule has 1 rings (SSSR count). The lowest BCUT2D eigenvalue weighted by molar-refractivity contribution is -0.152. The third-order valence-corrected chi connectivity index (χ3v) is 2.29. The Hall–Kier alpha value is -0.870. The number of carbonyl (C=O) groups excluding carboxylic acids is 1. The molecule has 1 aliphatic heterocycles. The predicted octanol–water partition coefficient (Wildman–Crippen LogP) is 0.436. The van der Waals surface area contributed by atoms with Gasteiger partial charge in [0.15, 0.2) is 0 Å². The normalized spacial score (nSPS) is 24.0. The fraction of sp³-hybridized carbons (Fsp3) is 0.700. The van der Waals surface area contributed by atoms with Crippen molar-refractivity contribution in [2.24, 2.45) is 0 Å². The van der Waals surface area contributed by atoms with Crippen LogP contribution in [0.15, 0.2) is 12.2 Å². The molecule has 80 valence electrons. The largest absolute Gasteiger partial charge is 0.468 e. The van der Waals surface area contributed by atoms with E-state index in [1.54, 1.807) is 0 Å². The Balaban J connectivity index is 2.54. The number of nitrogens with zero attached hydrogens (tertiary/aromatic N) is 1. The summed E-state index contributed by atoms with van der Waals surface area (Å²) in [5.41, 5.74) is 0. The molecule has 0 spiro atoms. The summed E-state index contributed by atoms with van der Waals surface area (Å²) in [5.74, 6) is -0.214. The minimum atomic E-state index is -0.245. The third-order valence-electron chi connectivity index (χ3n) is 2.29. The van der Waals surface area contributed by atoms with E-state index in [9.17, 15) is 4.79 Å². The van der Waals surface area contributed by atoms with Crippen molar-refractivity contribution in [2.75, 3.05) is 33.4 Å². The van der Waals surface area contributed by atoms with Crippen LogP contribution < -0.4 is 0 Å². The van der Waals surface area contributed by atoms with Gasteiger partial charge in [0.25, 0.3) is 0 Å². The number of rotatable bonds is 3. The Morgan fingerprint density at radius 3 is 3.14 bits per heavy atom. The van der Waals surface area contributed by atoms with Crippen molar-refractivity contribution in [1.29, 1.82) is 0 Å². The molecule has 4 heteroatoms. The van der Waals surface area contributed by atoms with E-state index < -0.39 is 0 Å². The lowest BCUT2D eigenvalue weighted by Gasteiger charge is -2.32. The molecule has 0 bridgehead atoms. The molecule has 1 atom stereocenters. The van der Waals surface area contributed by atoms with E-state index in [-0.39, 0.29) is 12.0 Å². The molecule has 0 amide bonds. The Bertz CT molecular complexity index is 215. The van der Waals surface area contributed by atoms with E-state index in [2.05, 4.69) is 4.90 Å². The quantitative estimate of drug-likeness (QED) is 0.488. The molecule has 1 aliphatic rings. The van der Waals surface area contributed by atoms with Crippen LogP contribution in [0.1, 0.15) is 6.92 Å². The van der Waals surface area contributed by atoms with E-state index in [4.69, 9.17) is 9.47 Å². The van der Waals surface area contributed by atoms with Gasteiger partial charge in [-0.25, -0.2) is 0 Å². The van der Waals surface area contributed by atoms with Gasteiger partial charge in [0.2, 0.25) is 0 Å². The zero-order valence-corrected chi connectivity index (χ0v) is 8.73. The zero-order valence-electron chi connectivity index (χ0n) is 8.73. The molecular formula is C10H17NO3. The van der Waals surface area contributed by atoms with Crippen LogP contribution in [-0.2, 0) is 14.3 Å². The highest BCUT2D eigenvalue weighted by Gasteiger charge is 2.29. The number of allylic oxidation sites excluding steroid dienone is 1. The average Bonchev–Trinajstić information content (AvgIpc) is 2.25. The monoisotopic (exact) mass is 199 g/mol. The van der Waals surface area contributed by atoms with Gasteiger partial charge in [-0.1, -0.05) is 12.2 Å². The second-order valence-corrected chi connectivity index (χ2v) is 3.18. The minimum Gasteiger partial charge on any atom is -0.468 e. The number of morpholine rings is 1. The van der Waals surface area contributed by atoms with Gasteiger partial charge in [-0.05, 0) is 6.92 Å². The first-order chi connectivity index (χ1) is 6.79. The highest BCUT2D eigenvalue weighted by atomic mass is 16.5. The topological polar surface area (TPSA) is 38.8 Å². The second kappa shape index (κ2) is 5.78. The van der Waals surface area contributed by atoms with Crippen molar-refractivity contribution in [1.82, 2.24) is 4.90 Å². The molecule has 4 nitrogen and oxygen atoms in total. The van der Waals surface area contributed by atoms with Crippen molar-refractivity contribution in [2.45, 2.75) is 13.0 Å². The van der Waals surface area contributed by atoms with Crippen LogP contribution >= 0.6 is 0 Å². The molecule has 0 aromatic heterocycles. The van der Waals surface area contributed by atoms with E-state index in [0.29, 0.717) is 13.2 Å². The van der Waals surface area contributed by atoms with Crippen molar-refractivity contribution in [3.63, 3.8) is 0 Å². The van der Waals surface area contributed by atoms with Gasteiger partial charge in [-0.3, -0.25) is 9.69 Å². The Morgan fingerprint density at radius 1 is 1.71 bits per heavy atom. The maximum atomic E-state index is 11.4. The summed E-state index contributed by atoms with van der Waals surface area (Å²) in [4.78, 5) is 13.4. The van der Waals surface area contributed by atoms with Gasteiger partial charge in [-0.15, -0.1) is 0 Å². The fourth-order valence-corrected chi connectivity index (χ4v) is 1.45. The molecular weight excluding hydrogens is 182 g/mol. The molecule has 1 saturated heterocycles. The lowest BCUT2D eigenvalue weighted by atomic mass is 10.2. The summed E-state index contributed by atoms with van der Waals surface area (Å²) in [7, 11) is 1.41. The maximum absolute atomic E-state index is 11.4. The summed E-state index contributed by atoms with van der Waals surface area (Å²) in [6.07, 6.45) is 4.01. The molecule has 1 heterocycles. The highest BCUT2D eigenvalue weighted by Crippen LogP contribution is 2.08. The van der Waals surface area contributed by atoms with Crippen LogP contribution in [0.4, 0.5) is 0 Å². The molecule has 0 aliphatic carbocycles. The third kappa shape index (κ3) is 2.82. The summed E-state index contributed by atoms with van der Waals surface area (Å²) < 4.78 is 9.96. The van der Waals surface area contributed by atoms with Gasteiger partial charge in [0, 0.05) is 13.1 Å². The summed E-state index contributed by atoms with van der Waals surface area (Å²) in [6.45, 7) is 4.65. The number of hydrogen-bond acceptors (Lipinski definition) is 4. The van der Waals surface area contributed by atoms with E-state index in [1.807, 2.05) is 19.1 Å². The standard InChI is InChI=1S/C10H17NO3/c1-3-4-5-11-6-7-14-8-9(11)10(12)13-2/h3-4,9H,5-8H2,1-2H3/b4-3+. The molecule has 0 aromatic rings. The zero-order chi connectivity index (χ0) is 10.4. The molecule has 1 unspecified atom stereocenters. The summed E-state index contributed by atoms with van der Waals surface area (Å²) in [5, 5.41) is 0. The van der Waals surface area contributed by atoms with E-state index in [1.165, 1.54) is 7.11 Å². The van der Waals surface area contributed by atoms with Crippen molar-refractivity contribution in [3.05, 3.63) is 12.2 Å². The van der Waals surface area contributed by atoms with Gasteiger partial charge >= 0.3 is 5.97 Å². The SMILES string of the molecule is C/C=C/CN1CCOCC1C(=O)OC. The summed E-state index contributed by atoms with van der Waals surface area (Å²) in [6, 6.07) is -0.245. The minimum absolute atomic E-state index is 0.214. The number of carbonyl (C=O) groups is 1. The Morgan fingerprint density at radius 2 is 2.50 bits per heavy atom. The number of ether oxygens (including phenoxy) is 2. The van der Waals surface area contributed by atoms with E-state index >= 15 is 0 Å². The fourth-order valence-electron chi connectivity index (χ4n) is 1.45.